The second kappa shape index (κ2) is 9.97. The van der Waals surface area contributed by atoms with Crippen LogP contribution >= 0.6 is 0 Å². The summed E-state index contributed by atoms with van der Waals surface area (Å²) in [5.74, 6) is 0.115. The van der Waals surface area contributed by atoms with Gasteiger partial charge < -0.3 is 24.6 Å². The highest BCUT2D eigenvalue weighted by molar-refractivity contribution is 6.08. The van der Waals surface area contributed by atoms with E-state index in [1.165, 1.54) is 6.92 Å². The third-order valence-corrected chi connectivity index (χ3v) is 7.08. The Morgan fingerprint density at radius 3 is 2.40 bits per heavy atom. The number of benzene rings is 2. The van der Waals surface area contributed by atoms with Gasteiger partial charge >= 0.3 is 5.97 Å². The van der Waals surface area contributed by atoms with E-state index in [9.17, 15) is 14.7 Å². The molecule has 40 heavy (non-hydrogen) atoms. The Morgan fingerprint density at radius 1 is 1.07 bits per heavy atom. The average Bonchev–Trinajstić information content (AvgIpc) is 3.18. The molecule has 0 fully saturated rings. The van der Waals surface area contributed by atoms with Crippen molar-refractivity contribution in [3.8, 4) is 16.9 Å². The SMILES string of the molecule is CC(=O)Nc1cnc(N2CCn3c(C)cc4c(-c5ccc(C)cc5OC(C)(C)C)c(CC(=O)O)c(C)c2c43)nc1. The predicted octanol–water partition coefficient (Wildman–Crippen LogP) is 5.94. The fourth-order valence-corrected chi connectivity index (χ4v) is 5.58. The first-order valence-electron chi connectivity index (χ1n) is 13.4. The molecule has 208 valence electrons. The van der Waals surface area contributed by atoms with Gasteiger partial charge in [-0.1, -0.05) is 12.1 Å². The Morgan fingerprint density at radius 2 is 1.77 bits per heavy atom. The van der Waals surface area contributed by atoms with Crippen molar-refractivity contribution in [2.45, 2.75) is 67.0 Å². The lowest BCUT2D eigenvalue weighted by atomic mass is 9.88. The number of rotatable bonds is 6. The van der Waals surface area contributed by atoms with Gasteiger partial charge in [-0.2, -0.15) is 0 Å². The molecule has 9 heteroatoms. The summed E-state index contributed by atoms with van der Waals surface area (Å²) >= 11 is 0. The van der Waals surface area contributed by atoms with Gasteiger partial charge in [-0.05, 0) is 75.9 Å². The Kier molecular flexibility index (Phi) is 6.77. The minimum Gasteiger partial charge on any atom is -0.487 e. The summed E-state index contributed by atoms with van der Waals surface area (Å²) in [6.07, 6.45) is 3.03. The molecule has 1 aliphatic heterocycles. The smallest absolute Gasteiger partial charge is 0.307 e. The number of carbonyl (C=O) groups is 2. The van der Waals surface area contributed by atoms with Gasteiger partial charge in [0.25, 0.3) is 0 Å². The summed E-state index contributed by atoms with van der Waals surface area (Å²) in [6.45, 7) is 14.9. The van der Waals surface area contributed by atoms with Crippen LogP contribution in [0.15, 0.2) is 36.7 Å². The number of ether oxygens (including phenoxy) is 1. The zero-order valence-corrected chi connectivity index (χ0v) is 24.0. The molecular weight excluding hydrogens is 506 g/mol. The molecule has 3 heterocycles. The Hall–Kier alpha value is -4.40. The summed E-state index contributed by atoms with van der Waals surface area (Å²) < 4.78 is 8.72. The highest BCUT2D eigenvalue weighted by Gasteiger charge is 2.31. The van der Waals surface area contributed by atoms with E-state index in [1.54, 1.807) is 12.4 Å². The minimum atomic E-state index is -0.907. The van der Waals surface area contributed by atoms with Gasteiger partial charge in [0, 0.05) is 36.7 Å². The van der Waals surface area contributed by atoms with E-state index in [1.807, 2.05) is 57.7 Å². The molecule has 5 rings (SSSR count). The lowest BCUT2D eigenvalue weighted by molar-refractivity contribution is -0.136. The van der Waals surface area contributed by atoms with Crippen LogP contribution in [0.5, 0.6) is 5.75 Å². The molecule has 4 aromatic rings. The number of aromatic nitrogens is 3. The van der Waals surface area contributed by atoms with E-state index in [4.69, 9.17) is 4.74 Å². The molecule has 0 spiro atoms. The molecule has 0 aliphatic carbocycles. The quantitative estimate of drug-likeness (QED) is 0.311. The Labute approximate surface area is 233 Å². The van der Waals surface area contributed by atoms with Gasteiger partial charge in [0.2, 0.25) is 11.9 Å². The number of nitrogens with zero attached hydrogens (tertiary/aromatic N) is 4. The van der Waals surface area contributed by atoms with Crippen molar-refractivity contribution in [2.24, 2.45) is 0 Å². The molecule has 2 N–H and O–H groups in total. The highest BCUT2D eigenvalue weighted by Crippen LogP contribution is 2.48. The first kappa shape index (κ1) is 27.2. The fraction of sp³-hybridized carbons (Fsp3) is 0.355. The molecule has 1 amide bonds. The second-order valence-electron chi connectivity index (χ2n) is 11.4. The van der Waals surface area contributed by atoms with E-state index in [-0.39, 0.29) is 12.3 Å². The van der Waals surface area contributed by atoms with E-state index in [2.05, 4.69) is 32.8 Å². The number of hydrogen-bond donors (Lipinski definition) is 2. The summed E-state index contributed by atoms with van der Waals surface area (Å²) in [5, 5.41) is 13.7. The van der Waals surface area contributed by atoms with Gasteiger partial charge in [0.15, 0.2) is 0 Å². The van der Waals surface area contributed by atoms with Crippen LogP contribution in [-0.4, -0.2) is 43.7 Å². The van der Waals surface area contributed by atoms with Crippen LogP contribution in [-0.2, 0) is 22.6 Å². The first-order valence-corrected chi connectivity index (χ1v) is 13.4. The lowest BCUT2D eigenvalue weighted by Crippen LogP contribution is -2.30. The van der Waals surface area contributed by atoms with E-state index in [0.29, 0.717) is 18.2 Å². The van der Waals surface area contributed by atoms with Crippen molar-refractivity contribution >= 4 is 40.1 Å². The third-order valence-electron chi connectivity index (χ3n) is 7.08. The molecular formula is C31H35N5O4. The maximum absolute atomic E-state index is 12.3. The molecule has 0 radical (unpaired) electrons. The van der Waals surface area contributed by atoms with Crippen molar-refractivity contribution in [1.29, 1.82) is 0 Å². The summed E-state index contributed by atoms with van der Waals surface area (Å²) in [6, 6.07) is 8.24. The van der Waals surface area contributed by atoms with Crippen molar-refractivity contribution in [2.75, 3.05) is 16.8 Å². The zero-order valence-electron chi connectivity index (χ0n) is 24.0. The van der Waals surface area contributed by atoms with Crippen molar-refractivity contribution in [1.82, 2.24) is 14.5 Å². The second-order valence-corrected chi connectivity index (χ2v) is 11.4. The summed E-state index contributed by atoms with van der Waals surface area (Å²) in [4.78, 5) is 34.9. The Balaban J connectivity index is 1.80. The molecule has 0 saturated heterocycles. The number of hydrogen-bond acceptors (Lipinski definition) is 6. The molecule has 0 atom stereocenters. The van der Waals surface area contributed by atoms with Crippen LogP contribution in [0.3, 0.4) is 0 Å². The zero-order chi connectivity index (χ0) is 28.9. The number of carboxylic acids is 1. The molecule has 0 saturated carbocycles. The average molecular weight is 542 g/mol. The van der Waals surface area contributed by atoms with E-state index in [0.717, 1.165) is 62.4 Å². The van der Waals surface area contributed by atoms with Crippen LogP contribution < -0.4 is 15.0 Å². The molecule has 0 bridgehead atoms. The number of aryl methyl sites for hydroxylation is 2. The third kappa shape index (κ3) is 4.99. The van der Waals surface area contributed by atoms with E-state index >= 15 is 0 Å². The fourth-order valence-electron chi connectivity index (χ4n) is 5.58. The number of anilines is 3. The van der Waals surface area contributed by atoms with Crippen molar-refractivity contribution in [3.63, 3.8) is 0 Å². The normalized spacial score (nSPS) is 13.0. The first-order chi connectivity index (χ1) is 18.8. The number of nitrogens with one attached hydrogen (secondary N) is 1. The topological polar surface area (TPSA) is 110 Å². The van der Waals surface area contributed by atoms with E-state index < -0.39 is 11.6 Å². The maximum Gasteiger partial charge on any atom is 0.307 e. The number of amides is 1. The predicted molar refractivity (Wildman–Crippen MR) is 157 cm³/mol. The van der Waals surface area contributed by atoms with Gasteiger partial charge in [-0.3, -0.25) is 9.59 Å². The molecule has 0 unspecified atom stereocenters. The lowest BCUT2D eigenvalue weighted by Gasteiger charge is -2.33. The van der Waals surface area contributed by atoms with Gasteiger partial charge in [0.05, 0.1) is 35.7 Å². The van der Waals surface area contributed by atoms with Crippen LogP contribution in [0.25, 0.3) is 22.0 Å². The minimum absolute atomic E-state index is 0.146. The van der Waals surface area contributed by atoms with Gasteiger partial charge in [0.1, 0.15) is 11.4 Å². The maximum atomic E-state index is 12.3. The van der Waals surface area contributed by atoms with Crippen molar-refractivity contribution in [3.05, 3.63) is 59.0 Å². The summed E-state index contributed by atoms with van der Waals surface area (Å²) in [5.41, 5.74) is 7.49. The highest BCUT2D eigenvalue weighted by atomic mass is 16.5. The number of carbonyl (C=O) groups excluding carboxylic acids is 1. The van der Waals surface area contributed by atoms with Crippen LogP contribution in [0.4, 0.5) is 17.3 Å². The largest absolute Gasteiger partial charge is 0.487 e. The standard InChI is InChI=1S/C31H35N5O4/c1-17-8-9-22(25(12-17)40-31(5,6)7)27-23(14-26(38)39)19(3)28-29-24(27)13-18(2)35(29)10-11-36(28)30-32-15-21(16-33-30)34-20(4)37/h8-9,12-13,15-16H,10-11,14H2,1-7H3,(H,34,37)(H,38,39). The van der Waals surface area contributed by atoms with Crippen LogP contribution in [0.2, 0.25) is 0 Å². The monoisotopic (exact) mass is 541 g/mol. The van der Waals surface area contributed by atoms with Crippen LogP contribution in [0, 0.1) is 20.8 Å². The van der Waals surface area contributed by atoms with Gasteiger partial charge in [-0.15, -0.1) is 0 Å². The molecule has 9 nitrogen and oxygen atoms in total. The van der Waals surface area contributed by atoms with Crippen molar-refractivity contribution < 1.29 is 19.4 Å². The number of aliphatic carboxylic acids is 1. The van der Waals surface area contributed by atoms with Gasteiger partial charge in [-0.25, -0.2) is 9.97 Å². The Bertz CT molecular complexity index is 1650. The summed E-state index contributed by atoms with van der Waals surface area (Å²) in [7, 11) is 0. The molecule has 2 aromatic heterocycles. The molecule has 2 aromatic carbocycles. The number of carboxylic acid groups (broad SMARTS) is 1. The van der Waals surface area contributed by atoms with Crippen LogP contribution in [0.1, 0.15) is 50.1 Å². The molecule has 1 aliphatic rings.